The number of carbonyl (C=O) groups is 1. The highest BCUT2D eigenvalue weighted by atomic mass is 35.5. The van der Waals surface area contributed by atoms with Crippen molar-refractivity contribution in [2.45, 2.75) is 42.8 Å². The summed E-state index contributed by atoms with van der Waals surface area (Å²) < 4.78 is 6.00. The van der Waals surface area contributed by atoms with Crippen LogP contribution in [0, 0.1) is 17.8 Å². The molecule has 0 amide bonds. The number of carbonyl (C=O) groups excluding carboxylic acids is 1. The summed E-state index contributed by atoms with van der Waals surface area (Å²) >= 11 is 10.1. The minimum atomic E-state index is -0.0234. The predicted octanol–water partition coefficient (Wildman–Crippen LogP) is 4.78. The van der Waals surface area contributed by atoms with Crippen molar-refractivity contribution in [1.29, 1.82) is 0 Å². The maximum Gasteiger partial charge on any atom is 0.309 e. The van der Waals surface area contributed by atoms with Gasteiger partial charge in [-0.3, -0.25) is 4.79 Å². The van der Waals surface area contributed by atoms with Crippen LogP contribution in [-0.4, -0.2) is 26.5 Å². The first kappa shape index (κ1) is 17.0. The first-order valence-electron chi connectivity index (χ1n) is 8.72. The second-order valence-electron chi connectivity index (χ2n) is 7.01. The topological polar surface area (TPSA) is 39.2 Å². The van der Waals surface area contributed by atoms with Gasteiger partial charge >= 0.3 is 5.97 Å². The Hall–Kier alpha value is -0.390. The van der Waals surface area contributed by atoms with Gasteiger partial charge in [0.15, 0.2) is 0 Å². The van der Waals surface area contributed by atoms with Crippen LogP contribution in [-0.2, 0) is 16.1 Å². The lowest BCUT2D eigenvalue weighted by Gasteiger charge is -2.51. The molecule has 3 aliphatic rings. The van der Waals surface area contributed by atoms with Crippen LogP contribution in [0.3, 0.4) is 0 Å². The van der Waals surface area contributed by atoms with Crippen LogP contribution in [0.4, 0.5) is 0 Å². The van der Waals surface area contributed by atoms with Gasteiger partial charge in [0, 0.05) is 23.3 Å². The summed E-state index contributed by atoms with van der Waals surface area (Å²) in [6, 6.07) is 3.59. The summed E-state index contributed by atoms with van der Waals surface area (Å²) in [6.07, 6.45) is 7.58. The van der Waals surface area contributed by atoms with Crippen molar-refractivity contribution in [1.82, 2.24) is 4.98 Å². The molecule has 1 aromatic rings. The van der Waals surface area contributed by atoms with E-state index in [1.807, 2.05) is 6.07 Å². The van der Waals surface area contributed by atoms with Gasteiger partial charge in [-0.15, -0.1) is 23.5 Å². The van der Waals surface area contributed by atoms with E-state index in [0.29, 0.717) is 27.7 Å². The van der Waals surface area contributed by atoms with Gasteiger partial charge in [0.05, 0.1) is 10.00 Å². The fraction of sp³-hybridized carbons (Fsp3) is 0.667. The molecule has 2 saturated carbocycles. The number of esters is 1. The zero-order valence-corrected chi connectivity index (χ0v) is 16.0. The van der Waals surface area contributed by atoms with Crippen LogP contribution in [0.5, 0.6) is 0 Å². The smallest absolute Gasteiger partial charge is 0.309 e. The molecule has 130 valence electrons. The van der Waals surface area contributed by atoms with Gasteiger partial charge in [0.1, 0.15) is 11.8 Å². The predicted molar refractivity (Wildman–Crippen MR) is 100 cm³/mol. The molecular formula is C18H22ClNO2S2. The fourth-order valence-corrected chi connectivity index (χ4v) is 8.61. The van der Waals surface area contributed by atoms with Crippen molar-refractivity contribution in [3.63, 3.8) is 0 Å². The molecule has 1 aromatic heterocycles. The minimum absolute atomic E-state index is 0.0234. The van der Waals surface area contributed by atoms with Crippen LogP contribution in [0.1, 0.15) is 37.7 Å². The maximum atomic E-state index is 12.6. The van der Waals surface area contributed by atoms with E-state index in [1.165, 1.54) is 30.8 Å². The molecule has 2 atom stereocenters. The molecule has 2 bridgehead atoms. The van der Waals surface area contributed by atoms with Crippen LogP contribution in [0.2, 0.25) is 5.15 Å². The Morgan fingerprint density at radius 2 is 1.96 bits per heavy atom. The normalized spacial score (nSPS) is 31.1. The van der Waals surface area contributed by atoms with Gasteiger partial charge in [0.2, 0.25) is 0 Å². The third-order valence-electron chi connectivity index (χ3n) is 5.62. The summed E-state index contributed by atoms with van der Waals surface area (Å²) in [4.78, 5) is 16.6. The molecule has 3 fully saturated rings. The maximum absolute atomic E-state index is 12.6. The fourth-order valence-electron chi connectivity index (χ4n) is 4.57. The largest absolute Gasteiger partial charge is 0.461 e. The van der Waals surface area contributed by atoms with Crippen molar-refractivity contribution in [2.75, 3.05) is 11.5 Å². The number of hydrogen-bond donors (Lipinski definition) is 0. The van der Waals surface area contributed by atoms with Gasteiger partial charge in [-0.1, -0.05) is 24.1 Å². The highest BCUT2D eigenvalue weighted by Gasteiger charge is 2.55. The van der Waals surface area contributed by atoms with Crippen LogP contribution < -0.4 is 0 Å². The van der Waals surface area contributed by atoms with Crippen molar-refractivity contribution in [3.8, 4) is 0 Å². The van der Waals surface area contributed by atoms with Crippen molar-refractivity contribution >= 4 is 41.1 Å². The van der Waals surface area contributed by atoms with Crippen molar-refractivity contribution < 1.29 is 9.53 Å². The number of pyridine rings is 1. The Bertz CT molecular complexity index is 588. The Balaban J connectivity index is 1.38. The molecule has 1 aliphatic heterocycles. The third kappa shape index (κ3) is 3.19. The first-order chi connectivity index (χ1) is 11.7. The molecule has 2 heterocycles. The Kier molecular flexibility index (Phi) is 5.03. The van der Waals surface area contributed by atoms with Gasteiger partial charge < -0.3 is 4.74 Å². The number of aromatic nitrogens is 1. The Morgan fingerprint density at radius 1 is 1.25 bits per heavy atom. The molecule has 1 spiro atoms. The molecule has 0 N–H and O–H groups in total. The van der Waals surface area contributed by atoms with E-state index < -0.39 is 0 Å². The average Bonchev–Trinajstić information content (AvgIpc) is 3.03. The SMILES string of the molecule is O=C(OCc1ccc(Cl)nc1)C1C[C@H]2CCC[C@H](C1)C21SCCS1. The molecule has 6 heteroatoms. The van der Waals surface area contributed by atoms with E-state index >= 15 is 0 Å². The van der Waals surface area contributed by atoms with Crippen LogP contribution in [0.15, 0.2) is 18.3 Å². The zero-order chi connectivity index (χ0) is 16.6. The van der Waals surface area contributed by atoms with Crippen LogP contribution in [0.25, 0.3) is 0 Å². The van der Waals surface area contributed by atoms with Gasteiger partial charge in [0.25, 0.3) is 0 Å². The van der Waals surface area contributed by atoms with Gasteiger partial charge in [-0.05, 0) is 43.6 Å². The van der Waals surface area contributed by atoms with E-state index in [4.69, 9.17) is 16.3 Å². The molecule has 2 aliphatic carbocycles. The molecule has 1 saturated heterocycles. The number of rotatable bonds is 3. The summed E-state index contributed by atoms with van der Waals surface area (Å²) in [5.41, 5.74) is 0.891. The molecule has 0 unspecified atom stereocenters. The molecule has 4 rings (SSSR count). The van der Waals surface area contributed by atoms with E-state index in [9.17, 15) is 4.79 Å². The average molecular weight is 384 g/mol. The van der Waals surface area contributed by atoms with E-state index in [-0.39, 0.29) is 11.9 Å². The van der Waals surface area contributed by atoms with E-state index in [2.05, 4.69) is 28.5 Å². The third-order valence-corrected chi connectivity index (χ3v) is 9.86. The number of thioether (sulfide) groups is 2. The first-order valence-corrected chi connectivity index (χ1v) is 11.1. The van der Waals surface area contributed by atoms with Crippen LogP contribution >= 0.6 is 35.1 Å². The monoisotopic (exact) mass is 383 g/mol. The second-order valence-corrected chi connectivity index (χ2v) is 10.4. The van der Waals surface area contributed by atoms with Crippen molar-refractivity contribution in [2.24, 2.45) is 17.8 Å². The minimum Gasteiger partial charge on any atom is -0.461 e. The number of halogens is 1. The van der Waals surface area contributed by atoms with E-state index in [1.54, 1.807) is 12.3 Å². The van der Waals surface area contributed by atoms with Gasteiger partial charge in [-0.25, -0.2) is 4.98 Å². The number of ether oxygens (including phenoxy) is 1. The van der Waals surface area contributed by atoms with Gasteiger partial charge in [-0.2, -0.15) is 0 Å². The standard InChI is InChI=1S/C18H22ClNO2S2/c19-16-5-4-12(10-20-16)11-22-17(21)13-8-14-2-1-3-15(9-13)18(14)23-6-7-24-18/h4-5,10,13-15H,1-3,6-9,11H2/t14-,15-/m1/s1. The zero-order valence-electron chi connectivity index (χ0n) is 13.6. The Labute approximate surface area is 156 Å². The summed E-state index contributed by atoms with van der Waals surface area (Å²) in [5.74, 6) is 3.96. The quantitative estimate of drug-likeness (QED) is 0.554. The van der Waals surface area contributed by atoms with E-state index in [0.717, 1.165) is 18.4 Å². The lowest BCUT2D eigenvalue weighted by Crippen LogP contribution is -2.48. The molecule has 0 radical (unpaired) electrons. The molecular weight excluding hydrogens is 362 g/mol. The summed E-state index contributed by atoms with van der Waals surface area (Å²) in [7, 11) is 0. The lowest BCUT2D eigenvalue weighted by atomic mass is 9.67. The Morgan fingerprint density at radius 3 is 2.58 bits per heavy atom. The van der Waals surface area contributed by atoms with Crippen molar-refractivity contribution in [3.05, 3.63) is 29.0 Å². The number of nitrogens with zero attached hydrogens (tertiary/aromatic N) is 1. The molecule has 0 aromatic carbocycles. The second kappa shape index (κ2) is 7.08. The lowest BCUT2D eigenvalue weighted by molar-refractivity contribution is -0.152. The number of hydrogen-bond acceptors (Lipinski definition) is 5. The highest BCUT2D eigenvalue weighted by molar-refractivity contribution is 8.21. The molecule has 24 heavy (non-hydrogen) atoms. The summed E-state index contributed by atoms with van der Waals surface area (Å²) in [6.45, 7) is 0.295. The highest BCUT2D eigenvalue weighted by Crippen LogP contribution is 2.64. The summed E-state index contributed by atoms with van der Waals surface area (Å²) in [5, 5.41) is 0.460. The molecule has 3 nitrogen and oxygen atoms in total.